The van der Waals surface area contributed by atoms with Gasteiger partial charge < -0.3 is 9.47 Å². The van der Waals surface area contributed by atoms with E-state index in [1.165, 1.54) is 25.1 Å². The molecule has 1 aromatic rings. The Morgan fingerprint density at radius 2 is 2.00 bits per heavy atom. The zero-order valence-electron chi connectivity index (χ0n) is 13.4. The molecular weight excluding hydrogens is 278 g/mol. The molecule has 1 saturated heterocycles. The van der Waals surface area contributed by atoms with Crippen LogP contribution in [0.4, 0.5) is 0 Å². The summed E-state index contributed by atoms with van der Waals surface area (Å²) >= 11 is 0. The van der Waals surface area contributed by atoms with Gasteiger partial charge in [-0.2, -0.15) is 0 Å². The summed E-state index contributed by atoms with van der Waals surface area (Å²) in [6.45, 7) is 6.24. The van der Waals surface area contributed by atoms with Crippen molar-refractivity contribution in [2.45, 2.75) is 64.1 Å². The lowest BCUT2D eigenvalue weighted by molar-refractivity contribution is -0.136. The summed E-state index contributed by atoms with van der Waals surface area (Å²) in [4.78, 5) is 16.8. The molecule has 0 radical (unpaired) electrons. The van der Waals surface area contributed by atoms with E-state index in [0.29, 0.717) is 18.5 Å². The van der Waals surface area contributed by atoms with Crippen molar-refractivity contribution in [2.75, 3.05) is 19.6 Å². The van der Waals surface area contributed by atoms with Crippen molar-refractivity contribution < 1.29 is 4.79 Å². The molecule has 0 N–H and O–H groups in total. The molecule has 120 valence electrons. The molecule has 4 rings (SSSR count). The van der Waals surface area contributed by atoms with Crippen LogP contribution in [0.5, 0.6) is 0 Å². The first-order valence-corrected chi connectivity index (χ1v) is 8.66. The van der Waals surface area contributed by atoms with Crippen LogP contribution in [0.15, 0.2) is 0 Å². The molecule has 1 aliphatic carbocycles. The Kier molecular flexibility index (Phi) is 3.64. The molecule has 3 heterocycles. The summed E-state index contributed by atoms with van der Waals surface area (Å²) in [6.07, 6.45) is 6.06. The van der Waals surface area contributed by atoms with Crippen LogP contribution in [0.1, 0.15) is 56.6 Å². The topological polar surface area (TPSA) is 54.3 Å². The molecule has 3 aliphatic rings. The van der Waals surface area contributed by atoms with Gasteiger partial charge in [-0.1, -0.05) is 0 Å². The Morgan fingerprint density at radius 1 is 1.14 bits per heavy atom. The summed E-state index contributed by atoms with van der Waals surface area (Å²) in [7, 11) is 0. The van der Waals surface area contributed by atoms with Gasteiger partial charge in [0.2, 0.25) is 5.91 Å². The largest absolute Gasteiger partial charge is 0.339 e. The normalized spacial score (nSPS) is 26.0. The predicted molar refractivity (Wildman–Crippen MR) is 82.3 cm³/mol. The molecule has 1 aromatic heterocycles. The Morgan fingerprint density at radius 3 is 2.77 bits per heavy atom. The molecule has 6 heteroatoms. The lowest BCUT2D eigenvalue weighted by Crippen LogP contribution is -2.48. The van der Waals surface area contributed by atoms with Gasteiger partial charge in [0.15, 0.2) is 0 Å². The van der Waals surface area contributed by atoms with E-state index in [1.54, 1.807) is 0 Å². The highest BCUT2D eigenvalue weighted by atomic mass is 16.2. The molecule has 0 unspecified atom stereocenters. The molecule has 0 spiro atoms. The molecule has 0 aromatic carbocycles. The minimum atomic E-state index is 0.280. The van der Waals surface area contributed by atoms with Crippen molar-refractivity contribution >= 4 is 5.91 Å². The van der Waals surface area contributed by atoms with Gasteiger partial charge in [-0.25, -0.2) is 0 Å². The average molecular weight is 303 g/mol. The number of rotatable bonds is 3. The van der Waals surface area contributed by atoms with Crippen LogP contribution < -0.4 is 0 Å². The van der Waals surface area contributed by atoms with Gasteiger partial charge in [-0.05, 0) is 39.0 Å². The molecular formula is C16H25N5O. The number of amides is 1. The van der Waals surface area contributed by atoms with E-state index in [-0.39, 0.29) is 5.91 Å². The number of hydrogen-bond acceptors (Lipinski definition) is 4. The van der Waals surface area contributed by atoms with Gasteiger partial charge in [-0.15, -0.1) is 10.2 Å². The highest BCUT2D eigenvalue weighted by Crippen LogP contribution is 2.39. The van der Waals surface area contributed by atoms with Crippen molar-refractivity contribution in [1.29, 1.82) is 0 Å². The van der Waals surface area contributed by atoms with Crippen LogP contribution in [0.25, 0.3) is 0 Å². The van der Waals surface area contributed by atoms with Gasteiger partial charge in [0, 0.05) is 31.6 Å². The SMILES string of the molecule is C[C@H]1CCCCN1C(=O)CN1CCn2c(nnc2C2CC2)C1. The fourth-order valence-corrected chi connectivity index (χ4v) is 3.76. The van der Waals surface area contributed by atoms with E-state index in [9.17, 15) is 4.79 Å². The van der Waals surface area contributed by atoms with Crippen molar-refractivity contribution in [3.05, 3.63) is 11.6 Å². The maximum absolute atomic E-state index is 12.6. The van der Waals surface area contributed by atoms with Crippen molar-refractivity contribution in [3.8, 4) is 0 Å². The van der Waals surface area contributed by atoms with Crippen LogP contribution in [0, 0.1) is 0 Å². The second-order valence-electron chi connectivity index (χ2n) is 7.04. The molecule has 6 nitrogen and oxygen atoms in total. The maximum atomic E-state index is 12.6. The molecule has 1 atom stereocenters. The van der Waals surface area contributed by atoms with Gasteiger partial charge in [-0.3, -0.25) is 9.69 Å². The molecule has 22 heavy (non-hydrogen) atoms. The minimum absolute atomic E-state index is 0.280. The minimum Gasteiger partial charge on any atom is -0.339 e. The second kappa shape index (κ2) is 5.65. The summed E-state index contributed by atoms with van der Waals surface area (Å²) in [5.41, 5.74) is 0. The van der Waals surface area contributed by atoms with Crippen LogP contribution in [0.3, 0.4) is 0 Å². The average Bonchev–Trinajstić information content (AvgIpc) is 3.27. The number of piperidine rings is 1. The Balaban J connectivity index is 1.39. The van der Waals surface area contributed by atoms with Gasteiger partial charge in [0.25, 0.3) is 0 Å². The third kappa shape index (κ3) is 2.64. The zero-order chi connectivity index (χ0) is 15.1. The molecule has 1 saturated carbocycles. The quantitative estimate of drug-likeness (QED) is 0.846. The highest BCUT2D eigenvalue weighted by Gasteiger charge is 2.33. The van der Waals surface area contributed by atoms with E-state index in [4.69, 9.17) is 0 Å². The van der Waals surface area contributed by atoms with Crippen molar-refractivity contribution in [3.63, 3.8) is 0 Å². The van der Waals surface area contributed by atoms with E-state index >= 15 is 0 Å². The summed E-state index contributed by atoms with van der Waals surface area (Å²) < 4.78 is 2.28. The summed E-state index contributed by atoms with van der Waals surface area (Å²) in [5, 5.41) is 8.72. The second-order valence-corrected chi connectivity index (χ2v) is 7.04. The maximum Gasteiger partial charge on any atom is 0.237 e. The first-order chi connectivity index (χ1) is 10.7. The number of carbonyl (C=O) groups is 1. The number of hydrogen-bond donors (Lipinski definition) is 0. The van der Waals surface area contributed by atoms with Crippen molar-refractivity contribution in [1.82, 2.24) is 24.6 Å². The van der Waals surface area contributed by atoms with Crippen molar-refractivity contribution in [2.24, 2.45) is 0 Å². The molecule has 2 fully saturated rings. The molecule has 2 aliphatic heterocycles. The van der Waals surface area contributed by atoms with E-state index in [0.717, 1.165) is 44.8 Å². The first-order valence-electron chi connectivity index (χ1n) is 8.66. The predicted octanol–water partition coefficient (Wildman–Crippen LogP) is 1.37. The summed E-state index contributed by atoms with van der Waals surface area (Å²) in [5.74, 6) is 3.13. The number of likely N-dealkylation sites (tertiary alicyclic amines) is 1. The number of carbonyl (C=O) groups excluding carboxylic acids is 1. The van der Waals surface area contributed by atoms with Gasteiger partial charge >= 0.3 is 0 Å². The zero-order valence-corrected chi connectivity index (χ0v) is 13.4. The lowest BCUT2D eigenvalue weighted by atomic mass is 10.0. The number of nitrogens with zero attached hydrogens (tertiary/aromatic N) is 5. The van der Waals surface area contributed by atoms with Gasteiger partial charge in [0.05, 0.1) is 13.1 Å². The fraction of sp³-hybridized carbons (Fsp3) is 0.812. The molecule has 1 amide bonds. The van der Waals surface area contributed by atoms with E-state index in [1.807, 2.05) is 0 Å². The highest BCUT2D eigenvalue weighted by molar-refractivity contribution is 5.78. The Bertz CT molecular complexity index is 565. The Hall–Kier alpha value is -1.43. The third-order valence-electron chi connectivity index (χ3n) is 5.29. The first kappa shape index (κ1) is 14.2. The van der Waals surface area contributed by atoms with Crippen LogP contribution in [-0.2, 0) is 17.9 Å². The number of fused-ring (bicyclic) bond motifs is 1. The summed E-state index contributed by atoms with van der Waals surface area (Å²) in [6, 6.07) is 0.399. The third-order valence-corrected chi connectivity index (χ3v) is 5.29. The fourth-order valence-electron chi connectivity index (χ4n) is 3.76. The Labute approximate surface area is 131 Å². The van der Waals surface area contributed by atoms with Crippen LogP contribution in [-0.4, -0.2) is 56.1 Å². The van der Waals surface area contributed by atoms with Gasteiger partial charge in [0.1, 0.15) is 11.6 Å². The smallest absolute Gasteiger partial charge is 0.237 e. The van der Waals surface area contributed by atoms with Crippen LogP contribution >= 0.6 is 0 Å². The lowest BCUT2D eigenvalue weighted by Gasteiger charge is -2.36. The molecule has 0 bridgehead atoms. The van der Waals surface area contributed by atoms with E-state index < -0.39 is 0 Å². The van der Waals surface area contributed by atoms with E-state index in [2.05, 4.69) is 31.5 Å². The monoisotopic (exact) mass is 303 g/mol. The number of aromatic nitrogens is 3. The van der Waals surface area contributed by atoms with Crippen LogP contribution in [0.2, 0.25) is 0 Å². The standard InChI is InChI=1S/C16H25N5O/c1-12-4-2-3-7-20(12)15(22)11-19-8-9-21-14(10-19)17-18-16(21)13-5-6-13/h12-13H,2-11H2,1H3/t12-/m0/s1.